The van der Waals surface area contributed by atoms with Gasteiger partial charge in [0.2, 0.25) is 0 Å². The smallest absolute Gasteiger partial charge is 0.0602 e. The lowest BCUT2D eigenvalue weighted by Gasteiger charge is -2.41. The Kier molecular flexibility index (Phi) is 6.27. The van der Waals surface area contributed by atoms with Crippen LogP contribution in [-0.2, 0) is 0 Å². The van der Waals surface area contributed by atoms with Gasteiger partial charge < -0.3 is 15.7 Å². The Balaban J connectivity index is 1.77. The molecule has 2 heterocycles. The van der Waals surface area contributed by atoms with E-state index in [0.29, 0.717) is 5.92 Å². The van der Waals surface area contributed by atoms with Gasteiger partial charge in [0.25, 0.3) is 0 Å². The van der Waals surface area contributed by atoms with Crippen LogP contribution in [0.2, 0.25) is 0 Å². The number of rotatable bonds is 6. The SMILES string of the molecule is CC(C)C(N)C(CO)N1CCC(CN2CCCC2)CC1. The molecule has 0 spiro atoms. The minimum Gasteiger partial charge on any atom is -0.395 e. The normalized spacial score (nSPS) is 26.2. The van der Waals surface area contributed by atoms with Crippen molar-refractivity contribution in [2.45, 2.75) is 51.6 Å². The van der Waals surface area contributed by atoms with Crippen LogP contribution in [0.5, 0.6) is 0 Å². The first-order valence-corrected chi connectivity index (χ1v) is 8.44. The second-order valence-corrected chi connectivity index (χ2v) is 7.06. The van der Waals surface area contributed by atoms with E-state index in [2.05, 4.69) is 23.6 Å². The molecule has 3 N–H and O–H groups in total. The summed E-state index contributed by atoms with van der Waals surface area (Å²) < 4.78 is 0. The monoisotopic (exact) mass is 283 g/mol. The lowest BCUT2D eigenvalue weighted by atomic mass is 9.91. The number of piperidine rings is 1. The van der Waals surface area contributed by atoms with Crippen molar-refractivity contribution in [2.24, 2.45) is 17.6 Å². The number of aliphatic hydroxyl groups is 1. The van der Waals surface area contributed by atoms with Gasteiger partial charge in [-0.3, -0.25) is 4.90 Å². The van der Waals surface area contributed by atoms with Crippen molar-refractivity contribution < 1.29 is 5.11 Å². The molecule has 0 aliphatic carbocycles. The average molecular weight is 283 g/mol. The molecular weight excluding hydrogens is 250 g/mol. The third-order valence-corrected chi connectivity index (χ3v) is 5.23. The molecular formula is C16H33N3O. The zero-order chi connectivity index (χ0) is 14.5. The quantitative estimate of drug-likeness (QED) is 0.767. The zero-order valence-corrected chi connectivity index (χ0v) is 13.3. The Morgan fingerprint density at radius 2 is 1.70 bits per heavy atom. The summed E-state index contributed by atoms with van der Waals surface area (Å²) in [5.74, 6) is 1.27. The van der Waals surface area contributed by atoms with Gasteiger partial charge in [-0.25, -0.2) is 0 Å². The van der Waals surface area contributed by atoms with Gasteiger partial charge in [0.05, 0.1) is 6.61 Å². The fourth-order valence-corrected chi connectivity index (χ4v) is 3.72. The van der Waals surface area contributed by atoms with Crippen LogP contribution in [0.1, 0.15) is 39.5 Å². The summed E-state index contributed by atoms with van der Waals surface area (Å²) >= 11 is 0. The maximum atomic E-state index is 9.66. The summed E-state index contributed by atoms with van der Waals surface area (Å²) in [6, 6.07) is 0.220. The van der Waals surface area contributed by atoms with E-state index in [-0.39, 0.29) is 18.7 Å². The van der Waals surface area contributed by atoms with Crippen LogP contribution in [0.3, 0.4) is 0 Å². The van der Waals surface area contributed by atoms with Gasteiger partial charge in [-0.2, -0.15) is 0 Å². The maximum absolute atomic E-state index is 9.66. The third-order valence-electron chi connectivity index (χ3n) is 5.23. The van der Waals surface area contributed by atoms with E-state index >= 15 is 0 Å². The van der Waals surface area contributed by atoms with Crippen molar-refractivity contribution in [2.75, 3.05) is 39.3 Å². The highest BCUT2D eigenvalue weighted by Gasteiger charge is 2.30. The highest BCUT2D eigenvalue weighted by atomic mass is 16.3. The molecule has 2 rings (SSSR count). The Labute approximate surface area is 124 Å². The molecule has 2 saturated heterocycles. The van der Waals surface area contributed by atoms with E-state index in [1.54, 1.807) is 0 Å². The van der Waals surface area contributed by atoms with Gasteiger partial charge in [-0.15, -0.1) is 0 Å². The summed E-state index contributed by atoms with van der Waals surface area (Å²) in [5, 5.41) is 9.66. The molecule has 118 valence electrons. The molecule has 0 aromatic heterocycles. The molecule has 20 heavy (non-hydrogen) atoms. The van der Waals surface area contributed by atoms with Crippen LogP contribution < -0.4 is 5.73 Å². The van der Waals surface area contributed by atoms with Crippen LogP contribution in [0.4, 0.5) is 0 Å². The fourth-order valence-electron chi connectivity index (χ4n) is 3.72. The van der Waals surface area contributed by atoms with Crippen molar-refractivity contribution in [1.29, 1.82) is 0 Å². The molecule has 0 aromatic carbocycles. The molecule has 4 heteroatoms. The molecule has 0 radical (unpaired) electrons. The predicted octanol–water partition coefficient (Wildman–Crippen LogP) is 1.14. The number of likely N-dealkylation sites (tertiary alicyclic amines) is 2. The van der Waals surface area contributed by atoms with Gasteiger partial charge in [-0.05, 0) is 63.7 Å². The van der Waals surface area contributed by atoms with Crippen molar-refractivity contribution in [3.8, 4) is 0 Å². The lowest BCUT2D eigenvalue weighted by molar-refractivity contribution is 0.0562. The molecule has 0 bridgehead atoms. The zero-order valence-electron chi connectivity index (χ0n) is 13.3. The first-order chi connectivity index (χ1) is 9.61. The molecule has 2 fully saturated rings. The van der Waals surface area contributed by atoms with Crippen molar-refractivity contribution in [3.05, 3.63) is 0 Å². The van der Waals surface area contributed by atoms with Crippen molar-refractivity contribution in [1.82, 2.24) is 9.80 Å². The van der Waals surface area contributed by atoms with E-state index in [0.717, 1.165) is 19.0 Å². The van der Waals surface area contributed by atoms with Crippen LogP contribution in [0, 0.1) is 11.8 Å². The molecule has 2 aliphatic heterocycles. The third kappa shape index (κ3) is 4.17. The van der Waals surface area contributed by atoms with Crippen LogP contribution in [0.15, 0.2) is 0 Å². The van der Waals surface area contributed by atoms with E-state index in [1.807, 2.05) is 0 Å². The molecule has 2 unspecified atom stereocenters. The number of aliphatic hydroxyl groups excluding tert-OH is 1. The first-order valence-electron chi connectivity index (χ1n) is 8.44. The first kappa shape index (κ1) is 16.2. The summed E-state index contributed by atoms with van der Waals surface area (Å²) in [4.78, 5) is 5.05. The van der Waals surface area contributed by atoms with E-state index in [9.17, 15) is 5.11 Å². The van der Waals surface area contributed by atoms with E-state index in [1.165, 1.54) is 45.3 Å². The molecule has 4 nitrogen and oxygen atoms in total. The Hall–Kier alpha value is -0.160. The summed E-state index contributed by atoms with van der Waals surface area (Å²) in [6.45, 7) is 10.6. The van der Waals surface area contributed by atoms with Crippen molar-refractivity contribution in [3.63, 3.8) is 0 Å². The minimum atomic E-state index is 0.0788. The highest BCUT2D eigenvalue weighted by molar-refractivity contribution is 4.87. The van der Waals surface area contributed by atoms with Gasteiger partial charge in [0, 0.05) is 18.6 Å². The molecule has 2 aliphatic rings. The van der Waals surface area contributed by atoms with Crippen LogP contribution >= 0.6 is 0 Å². The summed E-state index contributed by atoms with van der Waals surface area (Å²) in [7, 11) is 0. The van der Waals surface area contributed by atoms with Gasteiger partial charge in [0.1, 0.15) is 0 Å². The lowest BCUT2D eigenvalue weighted by Crippen LogP contribution is -2.55. The second-order valence-electron chi connectivity index (χ2n) is 7.06. The Bertz CT molecular complexity index is 271. The summed E-state index contributed by atoms with van der Waals surface area (Å²) in [5.41, 5.74) is 6.26. The standard InChI is InChI=1S/C16H33N3O/c1-13(2)16(17)15(12-20)19-9-5-14(6-10-19)11-18-7-3-4-8-18/h13-16,20H,3-12,17H2,1-2H3. The van der Waals surface area contributed by atoms with Gasteiger partial charge in [0.15, 0.2) is 0 Å². The van der Waals surface area contributed by atoms with Gasteiger partial charge in [-0.1, -0.05) is 13.8 Å². The minimum absolute atomic E-state index is 0.0788. The number of nitrogens with zero attached hydrogens (tertiary/aromatic N) is 2. The highest BCUT2D eigenvalue weighted by Crippen LogP contribution is 2.23. The van der Waals surface area contributed by atoms with Crippen molar-refractivity contribution >= 4 is 0 Å². The van der Waals surface area contributed by atoms with Gasteiger partial charge >= 0.3 is 0 Å². The van der Waals surface area contributed by atoms with Crippen LogP contribution in [0.25, 0.3) is 0 Å². The molecule has 0 aromatic rings. The van der Waals surface area contributed by atoms with E-state index < -0.39 is 0 Å². The number of hydrogen-bond acceptors (Lipinski definition) is 4. The Morgan fingerprint density at radius 1 is 1.10 bits per heavy atom. The second kappa shape index (κ2) is 7.74. The fraction of sp³-hybridized carbons (Fsp3) is 1.00. The van der Waals surface area contributed by atoms with Crippen LogP contribution in [-0.4, -0.2) is 66.3 Å². The predicted molar refractivity (Wildman–Crippen MR) is 83.7 cm³/mol. The Morgan fingerprint density at radius 3 is 2.20 bits per heavy atom. The molecule has 0 saturated carbocycles. The molecule has 0 amide bonds. The topological polar surface area (TPSA) is 52.7 Å². The largest absolute Gasteiger partial charge is 0.395 e. The number of nitrogens with two attached hydrogens (primary N) is 1. The number of hydrogen-bond donors (Lipinski definition) is 2. The summed E-state index contributed by atoms with van der Waals surface area (Å²) in [6.07, 6.45) is 5.29. The molecule has 2 atom stereocenters. The maximum Gasteiger partial charge on any atom is 0.0602 e. The van der Waals surface area contributed by atoms with E-state index in [4.69, 9.17) is 5.73 Å². The average Bonchev–Trinajstić information content (AvgIpc) is 2.94.